The monoisotopic (exact) mass is 241 g/mol. The molecule has 0 radical (unpaired) electrons. The van der Waals surface area contributed by atoms with E-state index in [-0.39, 0.29) is 0 Å². The van der Waals surface area contributed by atoms with Gasteiger partial charge < -0.3 is 15.5 Å². The second kappa shape index (κ2) is 8.06. The lowest BCUT2D eigenvalue weighted by Crippen LogP contribution is -2.32. The summed E-state index contributed by atoms with van der Waals surface area (Å²) in [6.45, 7) is 7.11. The molecule has 1 fully saturated rings. The first kappa shape index (κ1) is 14.9. The summed E-state index contributed by atoms with van der Waals surface area (Å²) in [5, 5.41) is 0. The van der Waals surface area contributed by atoms with E-state index in [1.165, 1.54) is 58.3 Å². The molecule has 0 spiro atoms. The van der Waals surface area contributed by atoms with Crippen LogP contribution in [0, 0.1) is 5.92 Å². The van der Waals surface area contributed by atoms with Gasteiger partial charge in [0.15, 0.2) is 0 Å². The van der Waals surface area contributed by atoms with E-state index in [2.05, 4.69) is 30.8 Å². The van der Waals surface area contributed by atoms with Gasteiger partial charge in [0.05, 0.1) is 0 Å². The molecule has 0 aliphatic heterocycles. The highest BCUT2D eigenvalue weighted by molar-refractivity contribution is 4.80. The van der Waals surface area contributed by atoms with Crippen LogP contribution in [-0.4, -0.2) is 56.1 Å². The van der Waals surface area contributed by atoms with Crippen molar-refractivity contribution >= 4 is 0 Å². The van der Waals surface area contributed by atoms with Gasteiger partial charge in [0.25, 0.3) is 0 Å². The first-order valence-electron chi connectivity index (χ1n) is 7.26. The van der Waals surface area contributed by atoms with Gasteiger partial charge in [-0.25, -0.2) is 0 Å². The lowest BCUT2D eigenvalue weighted by atomic mass is 10.00. The summed E-state index contributed by atoms with van der Waals surface area (Å²) >= 11 is 0. The van der Waals surface area contributed by atoms with Crippen LogP contribution in [-0.2, 0) is 0 Å². The summed E-state index contributed by atoms with van der Waals surface area (Å²) in [4.78, 5) is 4.84. The highest BCUT2D eigenvalue weighted by Crippen LogP contribution is 2.26. The average Bonchev–Trinajstić information content (AvgIpc) is 2.68. The number of rotatable bonds is 8. The number of hydrogen-bond donors (Lipinski definition) is 1. The summed E-state index contributed by atoms with van der Waals surface area (Å²) in [6.07, 6.45) is 6.53. The third-order valence-corrected chi connectivity index (χ3v) is 4.06. The molecular weight excluding hydrogens is 210 g/mol. The standard InChI is InChI=1S/C14H31N3/c1-4-17(11-6-10-16(2)3)12-9-13-7-5-8-14(13)15/h13-14H,4-12,15H2,1-3H3. The molecule has 0 saturated heterocycles. The molecule has 3 nitrogen and oxygen atoms in total. The molecule has 0 amide bonds. The Kier molecular flexibility index (Phi) is 7.09. The minimum absolute atomic E-state index is 0.482. The van der Waals surface area contributed by atoms with Gasteiger partial charge in [-0.2, -0.15) is 0 Å². The quantitative estimate of drug-likeness (QED) is 0.703. The molecule has 0 aromatic heterocycles. The van der Waals surface area contributed by atoms with Crippen molar-refractivity contribution in [2.75, 3.05) is 40.3 Å². The van der Waals surface area contributed by atoms with Gasteiger partial charge in [-0.3, -0.25) is 0 Å². The average molecular weight is 241 g/mol. The topological polar surface area (TPSA) is 32.5 Å². The normalized spacial score (nSPS) is 25.1. The minimum atomic E-state index is 0.482. The Morgan fingerprint density at radius 2 is 1.88 bits per heavy atom. The molecule has 1 rings (SSSR count). The van der Waals surface area contributed by atoms with Gasteiger partial charge in [0, 0.05) is 6.04 Å². The van der Waals surface area contributed by atoms with Crippen LogP contribution in [0.15, 0.2) is 0 Å². The van der Waals surface area contributed by atoms with Crippen molar-refractivity contribution in [3.63, 3.8) is 0 Å². The smallest absolute Gasteiger partial charge is 0.00676 e. The largest absolute Gasteiger partial charge is 0.327 e. The molecule has 17 heavy (non-hydrogen) atoms. The van der Waals surface area contributed by atoms with Crippen LogP contribution >= 0.6 is 0 Å². The number of nitrogens with two attached hydrogens (primary N) is 1. The molecule has 1 aliphatic carbocycles. The first-order chi connectivity index (χ1) is 8.13. The van der Waals surface area contributed by atoms with Crippen LogP contribution in [0.25, 0.3) is 0 Å². The second-order valence-corrected chi connectivity index (χ2v) is 5.73. The minimum Gasteiger partial charge on any atom is -0.327 e. The van der Waals surface area contributed by atoms with Gasteiger partial charge >= 0.3 is 0 Å². The van der Waals surface area contributed by atoms with Crippen molar-refractivity contribution in [3.05, 3.63) is 0 Å². The Morgan fingerprint density at radius 1 is 1.12 bits per heavy atom. The molecule has 1 aliphatic rings. The Bertz CT molecular complexity index is 194. The molecule has 0 aromatic rings. The lowest BCUT2D eigenvalue weighted by Gasteiger charge is -2.24. The Balaban J connectivity index is 2.13. The van der Waals surface area contributed by atoms with E-state index in [1.807, 2.05) is 0 Å². The zero-order chi connectivity index (χ0) is 12.7. The van der Waals surface area contributed by atoms with Gasteiger partial charge in [-0.05, 0) is 71.9 Å². The molecule has 0 heterocycles. The van der Waals surface area contributed by atoms with E-state index in [0.717, 1.165) is 5.92 Å². The predicted octanol–water partition coefficient (Wildman–Crippen LogP) is 1.78. The van der Waals surface area contributed by atoms with E-state index in [9.17, 15) is 0 Å². The second-order valence-electron chi connectivity index (χ2n) is 5.73. The summed E-state index contributed by atoms with van der Waals surface area (Å²) < 4.78 is 0. The van der Waals surface area contributed by atoms with Gasteiger partial charge in [0.1, 0.15) is 0 Å². The Morgan fingerprint density at radius 3 is 2.41 bits per heavy atom. The zero-order valence-electron chi connectivity index (χ0n) is 12.0. The molecular formula is C14H31N3. The van der Waals surface area contributed by atoms with E-state index < -0.39 is 0 Å². The molecule has 0 aromatic carbocycles. The molecule has 3 heteroatoms. The van der Waals surface area contributed by atoms with Gasteiger partial charge in [0.2, 0.25) is 0 Å². The van der Waals surface area contributed by atoms with Crippen LogP contribution in [0.2, 0.25) is 0 Å². The fourth-order valence-electron chi connectivity index (χ4n) is 2.81. The first-order valence-corrected chi connectivity index (χ1v) is 7.26. The third-order valence-electron chi connectivity index (χ3n) is 4.06. The van der Waals surface area contributed by atoms with Crippen LogP contribution in [0.3, 0.4) is 0 Å². The summed E-state index contributed by atoms with van der Waals surface area (Å²) in [5.74, 6) is 0.790. The molecule has 102 valence electrons. The molecule has 1 saturated carbocycles. The molecule has 2 atom stereocenters. The van der Waals surface area contributed by atoms with Crippen molar-refractivity contribution in [2.24, 2.45) is 11.7 Å². The maximum Gasteiger partial charge on any atom is 0.00676 e. The van der Waals surface area contributed by atoms with Crippen LogP contribution in [0.4, 0.5) is 0 Å². The van der Waals surface area contributed by atoms with Crippen LogP contribution in [0.5, 0.6) is 0 Å². The van der Waals surface area contributed by atoms with Gasteiger partial charge in [-0.15, -0.1) is 0 Å². The van der Waals surface area contributed by atoms with Crippen molar-refractivity contribution < 1.29 is 0 Å². The van der Waals surface area contributed by atoms with Crippen molar-refractivity contribution in [3.8, 4) is 0 Å². The highest BCUT2D eigenvalue weighted by atomic mass is 15.1. The SMILES string of the molecule is CCN(CCCN(C)C)CCC1CCCC1N. The fraction of sp³-hybridized carbons (Fsp3) is 1.00. The lowest BCUT2D eigenvalue weighted by molar-refractivity contribution is 0.243. The van der Waals surface area contributed by atoms with E-state index in [0.29, 0.717) is 6.04 Å². The van der Waals surface area contributed by atoms with Crippen molar-refractivity contribution in [1.82, 2.24) is 9.80 Å². The molecule has 0 bridgehead atoms. The summed E-state index contributed by atoms with van der Waals surface area (Å²) in [6, 6.07) is 0.482. The number of hydrogen-bond acceptors (Lipinski definition) is 3. The predicted molar refractivity (Wildman–Crippen MR) is 75.2 cm³/mol. The van der Waals surface area contributed by atoms with Crippen molar-refractivity contribution in [1.29, 1.82) is 0 Å². The molecule has 2 unspecified atom stereocenters. The van der Waals surface area contributed by atoms with Gasteiger partial charge in [-0.1, -0.05) is 13.3 Å². The van der Waals surface area contributed by atoms with Crippen LogP contribution in [0.1, 0.15) is 39.0 Å². The summed E-state index contributed by atoms with van der Waals surface area (Å²) in [5.41, 5.74) is 6.12. The Labute approximate surface area is 107 Å². The van der Waals surface area contributed by atoms with E-state index in [1.54, 1.807) is 0 Å². The highest BCUT2D eigenvalue weighted by Gasteiger charge is 2.23. The van der Waals surface area contributed by atoms with Crippen molar-refractivity contribution in [2.45, 2.75) is 45.1 Å². The maximum atomic E-state index is 6.12. The van der Waals surface area contributed by atoms with E-state index >= 15 is 0 Å². The number of nitrogens with zero attached hydrogens (tertiary/aromatic N) is 2. The molecule has 2 N–H and O–H groups in total. The Hall–Kier alpha value is -0.120. The van der Waals surface area contributed by atoms with E-state index in [4.69, 9.17) is 5.73 Å². The van der Waals surface area contributed by atoms with Crippen LogP contribution < -0.4 is 5.73 Å². The summed E-state index contributed by atoms with van der Waals surface area (Å²) in [7, 11) is 4.29. The maximum absolute atomic E-state index is 6.12. The fourth-order valence-corrected chi connectivity index (χ4v) is 2.81. The third kappa shape index (κ3) is 5.84. The zero-order valence-corrected chi connectivity index (χ0v) is 12.0.